The average Bonchev–Trinajstić information content (AvgIpc) is 2.66. The van der Waals surface area contributed by atoms with E-state index < -0.39 is 5.82 Å². The molecule has 2 N–H and O–H groups in total. The Kier molecular flexibility index (Phi) is 5.05. The normalized spacial score (nSPS) is 23.6. The molecule has 0 spiro atoms. The third kappa shape index (κ3) is 3.79. The average molecular weight is 434 g/mol. The van der Waals surface area contributed by atoms with Crippen LogP contribution in [-0.2, 0) is 4.79 Å². The Morgan fingerprint density at radius 3 is 2.57 bits per heavy atom. The molecular weight excluding hydrogens is 413 g/mol. The van der Waals surface area contributed by atoms with Gasteiger partial charge in [0.1, 0.15) is 17.1 Å². The Bertz CT molecular complexity index is 1010. The number of methoxy groups -OCH3 is 1. The van der Waals surface area contributed by atoms with Gasteiger partial charge in [-0.05, 0) is 49.9 Å². The summed E-state index contributed by atoms with van der Waals surface area (Å²) in [6.45, 7) is 1.63. The molecule has 3 fully saturated rings. The lowest BCUT2D eigenvalue weighted by atomic mass is 9.44. The predicted octanol–water partition coefficient (Wildman–Crippen LogP) is 2.79. The van der Waals surface area contributed by atoms with Gasteiger partial charge in [0, 0.05) is 23.3 Å². The van der Waals surface area contributed by atoms with Crippen molar-refractivity contribution in [3.05, 3.63) is 52.4 Å². The van der Waals surface area contributed by atoms with Crippen molar-refractivity contribution in [2.24, 2.45) is 0 Å². The number of aryl methyl sites for hydroxylation is 1. The summed E-state index contributed by atoms with van der Waals surface area (Å²) in [7, 11) is 1.47. The number of hydrogen-bond acceptors (Lipinski definition) is 5. The van der Waals surface area contributed by atoms with Gasteiger partial charge in [-0.15, -0.1) is 0 Å². The summed E-state index contributed by atoms with van der Waals surface area (Å²) >= 11 is 5.62. The molecule has 7 nitrogen and oxygen atoms in total. The summed E-state index contributed by atoms with van der Waals surface area (Å²) in [4.78, 5) is 29.0. The van der Waals surface area contributed by atoms with Gasteiger partial charge in [0.25, 0.3) is 11.8 Å². The second-order valence-electron chi connectivity index (χ2n) is 8.03. The number of ether oxygens (including phenoxy) is 2. The number of carbonyl (C=O) groups is 2. The first-order valence-corrected chi connectivity index (χ1v) is 9.83. The number of benzene rings is 1. The number of rotatable bonds is 7. The first-order valence-electron chi connectivity index (χ1n) is 9.45. The zero-order valence-electron chi connectivity index (χ0n) is 16.6. The van der Waals surface area contributed by atoms with Crippen LogP contribution < -0.4 is 20.1 Å². The Labute approximate surface area is 177 Å². The van der Waals surface area contributed by atoms with Gasteiger partial charge in [0.2, 0.25) is 5.88 Å². The lowest BCUT2D eigenvalue weighted by molar-refractivity contribution is -0.141. The van der Waals surface area contributed by atoms with Crippen LogP contribution in [0, 0.1) is 12.7 Å². The SMILES string of the molecule is COc1ncc(C)cc1C(=O)NC12CC(NC(=O)COc3ccc(Cl)c(F)c3)(C1)C2. The molecular formula is C21H21ClFN3O4. The van der Waals surface area contributed by atoms with Gasteiger partial charge in [0.05, 0.1) is 12.1 Å². The number of halogens is 2. The summed E-state index contributed by atoms with van der Waals surface area (Å²) in [6, 6.07) is 5.74. The quantitative estimate of drug-likeness (QED) is 0.700. The zero-order valence-corrected chi connectivity index (χ0v) is 17.3. The largest absolute Gasteiger partial charge is 0.484 e. The van der Waals surface area contributed by atoms with Crippen LogP contribution in [-0.4, -0.2) is 41.6 Å². The molecule has 2 amide bonds. The van der Waals surface area contributed by atoms with Gasteiger partial charge in [0.15, 0.2) is 6.61 Å². The molecule has 158 valence electrons. The molecule has 3 saturated carbocycles. The predicted molar refractivity (Wildman–Crippen MR) is 107 cm³/mol. The number of nitrogens with zero attached hydrogens (tertiary/aromatic N) is 1. The zero-order chi connectivity index (χ0) is 21.5. The number of carbonyl (C=O) groups excluding carboxylic acids is 2. The molecule has 0 radical (unpaired) electrons. The molecule has 0 saturated heterocycles. The number of aromatic nitrogens is 1. The highest BCUT2D eigenvalue weighted by molar-refractivity contribution is 6.30. The Balaban J connectivity index is 1.27. The van der Waals surface area contributed by atoms with Crippen molar-refractivity contribution in [1.82, 2.24) is 15.6 Å². The minimum absolute atomic E-state index is 0.00734. The fraction of sp³-hybridized carbons (Fsp3) is 0.381. The highest BCUT2D eigenvalue weighted by Crippen LogP contribution is 2.60. The van der Waals surface area contributed by atoms with Gasteiger partial charge in [-0.1, -0.05) is 11.6 Å². The van der Waals surface area contributed by atoms with E-state index in [1.807, 2.05) is 6.92 Å². The van der Waals surface area contributed by atoms with Crippen molar-refractivity contribution < 1.29 is 23.5 Å². The lowest BCUT2D eigenvalue weighted by Gasteiger charge is -2.70. The summed E-state index contributed by atoms with van der Waals surface area (Å²) < 4.78 is 23.9. The molecule has 2 aromatic rings. The third-order valence-corrected chi connectivity index (χ3v) is 5.81. The van der Waals surface area contributed by atoms with Gasteiger partial charge >= 0.3 is 0 Å². The first kappa shape index (κ1) is 20.4. The van der Waals surface area contributed by atoms with Crippen LogP contribution in [0.1, 0.15) is 35.2 Å². The number of hydrogen-bond donors (Lipinski definition) is 2. The summed E-state index contributed by atoms with van der Waals surface area (Å²) in [5, 5.41) is 5.99. The minimum Gasteiger partial charge on any atom is -0.484 e. The van der Waals surface area contributed by atoms with Crippen LogP contribution >= 0.6 is 11.6 Å². The number of nitrogens with one attached hydrogen (secondary N) is 2. The Hall–Kier alpha value is -2.87. The summed E-state index contributed by atoms with van der Waals surface area (Å²) in [6.07, 6.45) is 3.58. The van der Waals surface area contributed by atoms with Gasteiger partial charge < -0.3 is 20.1 Å². The highest BCUT2D eigenvalue weighted by Gasteiger charge is 2.69. The van der Waals surface area contributed by atoms with Crippen LogP contribution in [0.5, 0.6) is 11.6 Å². The molecule has 1 aromatic carbocycles. The van der Waals surface area contributed by atoms with Crippen molar-refractivity contribution in [3.8, 4) is 11.6 Å². The maximum atomic E-state index is 13.4. The fourth-order valence-electron chi connectivity index (χ4n) is 4.29. The molecule has 5 rings (SSSR count). The molecule has 1 heterocycles. The Morgan fingerprint density at radius 1 is 1.20 bits per heavy atom. The second kappa shape index (κ2) is 7.43. The second-order valence-corrected chi connectivity index (χ2v) is 8.43. The molecule has 30 heavy (non-hydrogen) atoms. The van der Waals surface area contributed by atoms with E-state index in [2.05, 4.69) is 15.6 Å². The van der Waals surface area contributed by atoms with Crippen LogP contribution in [0.15, 0.2) is 30.5 Å². The maximum Gasteiger partial charge on any atom is 0.258 e. The molecule has 3 aliphatic rings. The Morgan fingerprint density at radius 2 is 1.90 bits per heavy atom. The third-order valence-electron chi connectivity index (χ3n) is 5.50. The van der Waals surface area contributed by atoms with Crippen molar-refractivity contribution in [2.45, 2.75) is 37.3 Å². The molecule has 0 aliphatic heterocycles. The summed E-state index contributed by atoms with van der Waals surface area (Å²) in [5.74, 6) is -0.630. The van der Waals surface area contributed by atoms with Crippen LogP contribution in [0.2, 0.25) is 5.02 Å². The van der Waals surface area contributed by atoms with Crippen LogP contribution in [0.3, 0.4) is 0 Å². The van der Waals surface area contributed by atoms with E-state index in [4.69, 9.17) is 21.1 Å². The van der Waals surface area contributed by atoms with E-state index in [-0.39, 0.29) is 46.2 Å². The monoisotopic (exact) mass is 433 g/mol. The maximum absolute atomic E-state index is 13.4. The lowest BCUT2D eigenvalue weighted by Crippen LogP contribution is -2.84. The first-order chi connectivity index (χ1) is 14.2. The van der Waals surface area contributed by atoms with Crippen LogP contribution in [0.4, 0.5) is 4.39 Å². The van der Waals surface area contributed by atoms with E-state index in [0.29, 0.717) is 24.8 Å². The molecule has 0 atom stereocenters. The van der Waals surface area contributed by atoms with E-state index in [1.165, 1.54) is 19.2 Å². The topological polar surface area (TPSA) is 89.5 Å². The number of pyridine rings is 1. The van der Waals surface area contributed by atoms with E-state index >= 15 is 0 Å². The van der Waals surface area contributed by atoms with Crippen LogP contribution in [0.25, 0.3) is 0 Å². The molecule has 3 aliphatic carbocycles. The van der Waals surface area contributed by atoms with Crippen molar-refractivity contribution in [2.75, 3.05) is 13.7 Å². The minimum atomic E-state index is -0.605. The van der Waals surface area contributed by atoms with E-state index in [0.717, 1.165) is 11.6 Å². The fourth-order valence-corrected chi connectivity index (χ4v) is 4.41. The molecule has 9 heteroatoms. The molecule has 1 aromatic heterocycles. The smallest absolute Gasteiger partial charge is 0.258 e. The molecule has 0 unspecified atom stereocenters. The standard InChI is InChI=1S/C21H21ClFN3O4/c1-12-5-14(19(29-2)24-7-12)18(28)26-21-9-20(10-21,11-21)25-17(27)8-30-13-3-4-15(22)16(23)6-13/h3-7H,8-11H2,1-2H3,(H,25,27)(H,26,28). The molecule has 2 bridgehead atoms. The van der Waals surface area contributed by atoms with Gasteiger partial charge in [-0.3, -0.25) is 9.59 Å². The van der Waals surface area contributed by atoms with E-state index in [1.54, 1.807) is 12.3 Å². The highest BCUT2D eigenvalue weighted by atomic mass is 35.5. The van der Waals surface area contributed by atoms with Gasteiger partial charge in [-0.2, -0.15) is 0 Å². The van der Waals surface area contributed by atoms with Gasteiger partial charge in [-0.25, -0.2) is 9.37 Å². The van der Waals surface area contributed by atoms with Crippen molar-refractivity contribution in [3.63, 3.8) is 0 Å². The number of amides is 2. The van der Waals surface area contributed by atoms with E-state index in [9.17, 15) is 14.0 Å². The van der Waals surface area contributed by atoms with Crippen molar-refractivity contribution >= 4 is 23.4 Å². The summed E-state index contributed by atoms with van der Waals surface area (Å²) in [5.41, 5.74) is 0.611. The van der Waals surface area contributed by atoms with Crippen molar-refractivity contribution in [1.29, 1.82) is 0 Å².